The van der Waals surface area contributed by atoms with Crippen molar-refractivity contribution < 1.29 is 4.79 Å². The monoisotopic (exact) mass is 381 g/mol. The Balaban J connectivity index is 1.35. The van der Waals surface area contributed by atoms with Crippen LogP contribution < -0.4 is 0 Å². The second-order valence-corrected chi connectivity index (χ2v) is 8.90. The third-order valence-electron chi connectivity index (χ3n) is 6.69. The Morgan fingerprint density at radius 2 is 1.82 bits per heavy atom. The fourth-order valence-electron chi connectivity index (χ4n) is 4.81. The van der Waals surface area contributed by atoms with Crippen LogP contribution in [0.15, 0.2) is 36.4 Å². The van der Waals surface area contributed by atoms with Crippen LogP contribution >= 0.6 is 0 Å². The molecule has 4 rings (SSSR count). The van der Waals surface area contributed by atoms with E-state index in [1.165, 1.54) is 57.3 Å². The lowest BCUT2D eigenvalue weighted by Crippen LogP contribution is -2.51. The highest BCUT2D eigenvalue weighted by molar-refractivity contribution is 5.80. The van der Waals surface area contributed by atoms with Crippen molar-refractivity contribution in [3.63, 3.8) is 0 Å². The minimum Gasteiger partial charge on any atom is -0.336 e. The summed E-state index contributed by atoms with van der Waals surface area (Å²) >= 11 is 0. The SMILES string of the molecule is CN1CCC(N2CCCC(C(=O)N(C/C=C/c3ccccc3)C3CC3)C2)CC1. The molecule has 3 aliphatic rings. The number of carbonyl (C=O) groups excluding carboxylic acids is 1. The molecule has 0 N–H and O–H groups in total. The number of piperidine rings is 2. The normalized spacial score (nSPS) is 25.2. The Labute approximate surface area is 170 Å². The van der Waals surface area contributed by atoms with Crippen LogP contribution in [-0.2, 0) is 4.79 Å². The van der Waals surface area contributed by atoms with Gasteiger partial charge in [0.1, 0.15) is 0 Å². The van der Waals surface area contributed by atoms with Crippen LogP contribution in [0.25, 0.3) is 6.08 Å². The summed E-state index contributed by atoms with van der Waals surface area (Å²) in [7, 11) is 2.22. The van der Waals surface area contributed by atoms with Gasteiger partial charge in [-0.15, -0.1) is 0 Å². The molecule has 1 atom stereocenters. The predicted molar refractivity (Wildman–Crippen MR) is 115 cm³/mol. The van der Waals surface area contributed by atoms with Crippen LogP contribution in [0.3, 0.4) is 0 Å². The van der Waals surface area contributed by atoms with Crippen molar-refractivity contribution in [2.45, 2.75) is 50.6 Å². The van der Waals surface area contributed by atoms with Crippen LogP contribution in [-0.4, -0.2) is 72.5 Å². The first-order valence-corrected chi connectivity index (χ1v) is 11.2. The van der Waals surface area contributed by atoms with E-state index < -0.39 is 0 Å². The van der Waals surface area contributed by atoms with Crippen molar-refractivity contribution in [3.05, 3.63) is 42.0 Å². The van der Waals surface area contributed by atoms with E-state index in [4.69, 9.17) is 0 Å². The summed E-state index contributed by atoms with van der Waals surface area (Å²) in [5, 5.41) is 0. The topological polar surface area (TPSA) is 26.8 Å². The zero-order chi connectivity index (χ0) is 19.3. The maximum Gasteiger partial charge on any atom is 0.227 e. The van der Waals surface area contributed by atoms with Crippen LogP contribution in [0, 0.1) is 5.92 Å². The minimum atomic E-state index is 0.194. The van der Waals surface area contributed by atoms with Gasteiger partial charge in [-0.05, 0) is 70.8 Å². The van der Waals surface area contributed by atoms with Gasteiger partial charge in [-0.25, -0.2) is 0 Å². The zero-order valence-electron chi connectivity index (χ0n) is 17.3. The molecular formula is C24H35N3O. The number of hydrogen-bond donors (Lipinski definition) is 0. The lowest BCUT2D eigenvalue weighted by molar-refractivity contribution is -0.137. The molecule has 152 valence electrons. The van der Waals surface area contributed by atoms with Crippen LogP contribution in [0.5, 0.6) is 0 Å². The summed E-state index contributed by atoms with van der Waals surface area (Å²) < 4.78 is 0. The number of nitrogens with zero attached hydrogens (tertiary/aromatic N) is 3. The summed E-state index contributed by atoms with van der Waals surface area (Å²) in [5.74, 6) is 0.594. The quantitative estimate of drug-likeness (QED) is 0.755. The van der Waals surface area contributed by atoms with Crippen molar-refractivity contribution in [1.82, 2.24) is 14.7 Å². The Bertz CT molecular complexity index is 662. The van der Waals surface area contributed by atoms with E-state index in [9.17, 15) is 4.79 Å². The van der Waals surface area contributed by atoms with Crippen molar-refractivity contribution in [1.29, 1.82) is 0 Å². The van der Waals surface area contributed by atoms with Gasteiger partial charge in [0.25, 0.3) is 0 Å². The van der Waals surface area contributed by atoms with Gasteiger partial charge in [-0.2, -0.15) is 0 Å². The lowest BCUT2D eigenvalue weighted by Gasteiger charge is -2.42. The van der Waals surface area contributed by atoms with Gasteiger partial charge in [0.15, 0.2) is 0 Å². The number of likely N-dealkylation sites (tertiary alicyclic amines) is 2. The van der Waals surface area contributed by atoms with E-state index in [1.807, 2.05) is 6.07 Å². The average Bonchev–Trinajstić information content (AvgIpc) is 3.57. The second-order valence-electron chi connectivity index (χ2n) is 8.90. The predicted octanol–water partition coefficient (Wildman–Crippen LogP) is 3.50. The molecule has 2 heterocycles. The molecule has 3 fully saturated rings. The molecule has 1 aromatic carbocycles. The highest BCUT2D eigenvalue weighted by atomic mass is 16.2. The molecule has 1 aromatic rings. The first-order valence-electron chi connectivity index (χ1n) is 11.2. The molecule has 1 saturated carbocycles. The van der Waals surface area contributed by atoms with Crippen molar-refractivity contribution >= 4 is 12.0 Å². The van der Waals surface area contributed by atoms with Crippen LogP contribution in [0.1, 0.15) is 44.1 Å². The summed E-state index contributed by atoms with van der Waals surface area (Å²) in [4.78, 5) is 20.6. The summed E-state index contributed by atoms with van der Waals surface area (Å²) in [6.45, 7) is 5.29. The molecule has 0 bridgehead atoms. The maximum atomic E-state index is 13.4. The highest BCUT2D eigenvalue weighted by Crippen LogP contribution is 2.31. The Hall–Kier alpha value is -1.65. The molecule has 0 spiro atoms. The van der Waals surface area contributed by atoms with E-state index >= 15 is 0 Å². The number of amides is 1. The summed E-state index contributed by atoms with van der Waals surface area (Å²) in [6.07, 6.45) is 11.4. The number of benzene rings is 1. The molecule has 1 unspecified atom stereocenters. The molecule has 4 nitrogen and oxygen atoms in total. The maximum absolute atomic E-state index is 13.4. The van der Waals surface area contributed by atoms with Crippen LogP contribution in [0.4, 0.5) is 0 Å². The first-order chi connectivity index (χ1) is 13.7. The number of hydrogen-bond acceptors (Lipinski definition) is 3. The Morgan fingerprint density at radius 3 is 2.54 bits per heavy atom. The zero-order valence-corrected chi connectivity index (χ0v) is 17.3. The third kappa shape index (κ3) is 5.03. The van der Waals surface area contributed by atoms with Gasteiger partial charge in [0, 0.05) is 25.2 Å². The highest BCUT2D eigenvalue weighted by Gasteiger charge is 2.38. The smallest absolute Gasteiger partial charge is 0.227 e. The van der Waals surface area contributed by atoms with Gasteiger partial charge >= 0.3 is 0 Å². The molecule has 28 heavy (non-hydrogen) atoms. The molecule has 4 heteroatoms. The summed E-state index contributed by atoms with van der Waals surface area (Å²) in [6, 6.07) is 11.5. The Morgan fingerprint density at radius 1 is 1.07 bits per heavy atom. The number of carbonyl (C=O) groups is 1. The van der Waals surface area contributed by atoms with E-state index in [0.717, 1.165) is 19.5 Å². The summed E-state index contributed by atoms with van der Waals surface area (Å²) in [5.41, 5.74) is 1.21. The van der Waals surface area contributed by atoms with Crippen molar-refractivity contribution in [2.24, 2.45) is 5.92 Å². The average molecular weight is 382 g/mol. The van der Waals surface area contributed by atoms with Crippen molar-refractivity contribution in [3.8, 4) is 0 Å². The van der Waals surface area contributed by atoms with E-state index in [0.29, 0.717) is 18.0 Å². The standard InChI is InChI=1S/C24H35N3O/c1-25-17-13-22(14-18-25)26-15-6-10-21(19-26)24(28)27(23-11-12-23)16-5-9-20-7-3-2-4-8-20/h2-5,7-9,21-23H,6,10-19H2,1H3/b9-5+. The van der Waals surface area contributed by atoms with E-state index in [1.54, 1.807) is 0 Å². The number of rotatable bonds is 6. The van der Waals surface area contributed by atoms with Gasteiger partial charge in [0.05, 0.1) is 5.92 Å². The minimum absolute atomic E-state index is 0.194. The third-order valence-corrected chi connectivity index (χ3v) is 6.69. The molecule has 0 radical (unpaired) electrons. The van der Waals surface area contributed by atoms with Gasteiger partial charge in [-0.3, -0.25) is 9.69 Å². The van der Waals surface area contributed by atoms with Gasteiger partial charge < -0.3 is 9.80 Å². The van der Waals surface area contributed by atoms with Gasteiger partial charge in [-0.1, -0.05) is 42.5 Å². The molecule has 2 saturated heterocycles. The van der Waals surface area contributed by atoms with E-state index in [2.05, 4.69) is 58.2 Å². The van der Waals surface area contributed by atoms with E-state index in [-0.39, 0.29) is 5.92 Å². The lowest BCUT2D eigenvalue weighted by atomic mass is 9.93. The fraction of sp³-hybridized carbons (Fsp3) is 0.625. The molecule has 0 aromatic heterocycles. The molecular weight excluding hydrogens is 346 g/mol. The molecule has 1 amide bonds. The first kappa shape index (κ1) is 19.7. The fourth-order valence-corrected chi connectivity index (χ4v) is 4.81. The largest absolute Gasteiger partial charge is 0.336 e. The second kappa shape index (κ2) is 9.23. The van der Waals surface area contributed by atoms with Gasteiger partial charge in [0.2, 0.25) is 5.91 Å². The van der Waals surface area contributed by atoms with Crippen LogP contribution in [0.2, 0.25) is 0 Å². The van der Waals surface area contributed by atoms with Crippen molar-refractivity contribution in [2.75, 3.05) is 39.8 Å². The molecule has 1 aliphatic carbocycles. The Kier molecular flexibility index (Phi) is 6.48. The molecule has 2 aliphatic heterocycles.